The molecule has 0 spiro atoms. The average molecular weight is 173 g/mol. The van der Waals surface area contributed by atoms with Crippen LogP contribution in [0.4, 0.5) is 0 Å². The smallest absolute Gasteiger partial charge is 0.225 e. The molecule has 1 fully saturated rings. The van der Waals surface area contributed by atoms with Gasteiger partial charge in [-0.1, -0.05) is 0 Å². The number of hydrogen-bond donors (Lipinski definition) is 0. The monoisotopic (exact) mass is 173 g/mol. The molecule has 4 heteroatoms. The summed E-state index contributed by atoms with van der Waals surface area (Å²) in [4.78, 5) is 22.2. The molecule has 0 unspecified atom stereocenters. The van der Waals surface area contributed by atoms with E-state index in [4.69, 9.17) is 0 Å². The van der Waals surface area contributed by atoms with Crippen LogP contribution in [0.15, 0.2) is 0 Å². The number of likely N-dealkylation sites (tertiary alicyclic amines) is 1. The molecule has 4 nitrogen and oxygen atoms in total. The predicted octanol–water partition coefficient (Wildman–Crippen LogP) is 0.577. The number of hydrogen-bond acceptors (Lipinski definition) is 3. The van der Waals surface area contributed by atoms with Gasteiger partial charge in [0.2, 0.25) is 5.91 Å². The molecule has 0 aliphatic carbocycles. The Labute approximate surface area is 72.4 Å². The molecule has 0 radical (unpaired) electrons. The normalized spacial score (nSPS) is 16.9. The SMILES string of the molecule is COOCCC(=O)N1CCCC1. The fourth-order valence-corrected chi connectivity index (χ4v) is 1.34. The summed E-state index contributed by atoms with van der Waals surface area (Å²) in [5, 5.41) is 0. The van der Waals surface area contributed by atoms with Gasteiger partial charge in [0, 0.05) is 13.1 Å². The van der Waals surface area contributed by atoms with Gasteiger partial charge in [-0.2, -0.15) is 0 Å². The van der Waals surface area contributed by atoms with Crippen LogP contribution in [-0.2, 0) is 14.6 Å². The van der Waals surface area contributed by atoms with Gasteiger partial charge in [0.05, 0.1) is 20.1 Å². The lowest BCUT2D eigenvalue weighted by Crippen LogP contribution is -2.28. The summed E-state index contributed by atoms with van der Waals surface area (Å²) in [5.41, 5.74) is 0. The van der Waals surface area contributed by atoms with E-state index in [9.17, 15) is 4.79 Å². The maximum Gasteiger partial charge on any atom is 0.225 e. The first-order chi connectivity index (χ1) is 5.84. The largest absolute Gasteiger partial charge is 0.343 e. The molecule has 1 rings (SSSR count). The van der Waals surface area contributed by atoms with E-state index < -0.39 is 0 Å². The molecule has 0 bridgehead atoms. The zero-order valence-electron chi connectivity index (χ0n) is 7.41. The Hall–Kier alpha value is -0.610. The Morgan fingerprint density at radius 1 is 1.42 bits per heavy atom. The summed E-state index contributed by atoms with van der Waals surface area (Å²) < 4.78 is 0. The molecular formula is C8H15NO3. The van der Waals surface area contributed by atoms with Gasteiger partial charge in [-0.25, -0.2) is 9.78 Å². The lowest BCUT2D eigenvalue weighted by molar-refractivity contribution is -0.272. The third-order valence-corrected chi connectivity index (χ3v) is 1.98. The molecule has 12 heavy (non-hydrogen) atoms. The molecule has 0 aromatic heterocycles. The molecular weight excluding hydrogens is 158 g/mol. The van der Waals surface area contributed by atoms with Crippen LogP contribution in [0, 0.1) is 0 Å². The quantitative estimate of drug-likeness (QED) is 0.354. The highest BCUT2D eigenvalue weighted by atomic mass is 17.2. The molecule has 0 N–H and O–H groups in total. The van der Waals surface area contributed by atoms with Crippen molar-refractivity contribution in [3.63, 3.8) is 0 Å². The zero-order chi connectivity index (χ0) is 8.81. The van der Waals surface area contributed by atoms with Gasteiger partial charge in [-0.15, -0.1) is 0 Å². The summed E-state index contributed by atoms with van der Waals surface area (Å²) in [7, 11) is 1.44. The molecule has 1 aliphatic heterocycles. The minimum Gasteiger partial charge on any atom is -0.343 e. The minimum absolute atomic E-state index is 0.171. The summed E-state index contributed by atoms with van der Waals surface area (Å²) in [6.45, 7) is 2.17. The highest BCUT2D eigenvalue weighted by molar-refractivity contribution is 5.76. The third kappa shape index (κ3) is 2.79. The summed E-state index contributed by atoms with van der Waals surface area (Å²) in [6, 6.07) is 0. The van der Waals surface area contributed by atoms with Gasteiger partial charge >= 0.3 is 0 Å². The van der Waals surface area contributed by atoms with E-state index in [0.29, 0.717) is 13.0 Å². The lowest BCUT2D eigenvalue weighted by Gasteiger charge is -2.14. The molecule has 1 amide bonds. The first-order valence-corrected chi connectivity index (χ1v) is 4.28. The minimum atomic E-state index is 0.171. The van der Waals surface area contributed by atoms with Crippen molar-refractivity contribution in [2.75, 3.05) is 26.8 Å². The van der Waals surface area contributed by atoms with E-state index >= 15 is 0 Å². The second-order valence-corrected chi connectivity index (χ2v) is 2.83. The first-order valence-electron chi connectivity index (χ1n) is 4.28. The highest BCUT2D eigenvalue weighted by Crippen LogP contribution is 2.08. The average Bonchev–Trinajstić information content (AvgIpc) is 2.56. The van der Waals surface area contributed by atoms with Crippen molar-refractivity contribution in [2.45, 2.75) is 19.3 Å². The molecule has 0 saturated carbocycles. The van der Waals surface area contributed by atoms with Crippen LogP contribution in [0.3, 0.4) is 0 Å². The van der Waals surface area contributed by atoms with Crippen LogP contribution >= 0.6 is 0 Å². The van der Waals surface area contributed by atoms with E-state index in [1.54, 1.807) is 0 Å². The fraction of sp³-hybridized carbons (Fsp3) is 0.875. The van der Waals surface area contributed by atoms with Crippen molar-refractivity contribution in [1.29, 1.82) is 0 Å². The Morgan fingerprint density at radius 2 is 2.08 bits per heavy atom. The molecule has 1 saturated heterocycles. The Balaban J connectivity index is 2.10. The number of carbonyl (C=O) groups is 1. The summed E-state index contributed by atoms with van der Waals surface area (Å²) in [6.07, 6.45) is 2.70. The van der Waals surface area contributed by atoms with Gasteiger partial charge in [0.1, 0.15) is 0 Å². The maximum atomic E-state index is 11.3. The second kappa shape index (κ2) is 5.11. The summed E-state index contributed by atoms with van der Waals surface area (Å²) >= 11 is 0. The van der Waals surface area contributed by atoms with Crippen LogP contribution in [0.2, 0.25) is 0 Å². The number of amides is 1. The molecule has 0 atom stereocenters. The standard InChI is InChI=1S/C8H15NO3/c1-11-12-7-4-8(10)9-5-2-3-6-9/h2-7H2,1H3. The molecule has 1 heterocycles. The second-order valence-electron chi connectivity index (χ2n) is 2.83. The van der Waals surface area contributed by atoms with E-state index in [0.717, 1.165) is 25.9 Å². The third-order valence-electron chi connectivity index (χ3n) is 1.98. The van der Waals surface area contributed by atoms with Crippen molar-refractivity contribution in [3.8, 4) is 0 Å². The van der Waals surface area contributed by atoms with Gasteiger partial charge < -0.3 is 4.90 Å². The van der Waals surface area contributed by atoms with Crippen molar-refractivity contribution < 1.29 is 14.6 Å². The van der Waals surface area contributed by atoms with Gasteiger partial charge in [-0.3, -0.25) is 4.79 Å². The fourth-order valence-electron chi connectivity index (χ4n) is 1.34. The molecule has 0 aromatic carbocycles. The highest BCUT2D eigenvalue weighted by Gasteiger charge is 2.16. The Bertz CT molecular complexity index is 143. The first kappa shape index (κ1) is 9.48. The van der Waals surface area contributed by atoms with E-state index in [1.807, 2.05) is 4.90 Å². The number of nitrogens with zero attached hydrogens (tertiary/aromatic N) is 1. The predicted molar refractivity (Wildman–Crippen MR) is 43.4 cm³/mol. The molecule has 0 aromatic rings. The Morgan fingerprint density at radius 3 is 2.67 bits per heavy atom. The zero-order valence-corrected chi connectivity index (χ0v) is 7.41. The van der Waals surface area contributed by atoms with Crippen LogP contribution in [-0.4, -0.2) is 37.6 Å². The van der Waals surface area contributed by atoms with Gasteiger partial charge in [0.25, 0.3) is 0 Å². The van der Waals surface area contributed by atoms with Crippen molar-refractivity contribution >= 4 is 5.91 Å². The summed E-state index contributed by atoms with van der Waals surface area (Å²) in [5.74, 6) is 0.171. The van der Waals surface area contributed by atoms with E-state index in [2.05, 4.69) is 9.78 Å². The van der Waals surface area contributed by atoms with Crippen molar-refractivity contribution in [2.24, 2.45) is 0 Å². The van der Waals surface area contributed by atoms with Crippen LogP contribution in [0.25, 0.3) is 0 Å². The lowest BCUT2D eigenvalue weighted by atomic mass is 10.4. The molecule has 70 valence electrons. The van der Waals surface area contributed by atoms with Gasteiger partial charge in [-0.05, 0) is 12.8 Å². The van der Waals surface area contributed by atoms with Crippen LogP contribution < -0.4 is 0 Å². The van der Waals surface area contributed by atoms with Crippen molar-refractivity contribution in [3.05, 3.63) is 0 Å². The molecule has 1 aliphatic rings. The van der Waals surface area contributed by atoms with Gasteiger partial charge in [0.15, 0.2) is 0 Å². The Kier molecular flexibility index (Phi) is 4.04. The maximum absolute atomic E-state index is 11.3. The van der Waals surface area contributed by atoms with E-state index in [1.165, 1.54) is 7.11 Å². The number of rotatable bonds is 4. The van der Waals surface area contributed by atoms with E-state index in [-0.39, 0.29) is 5.91 Å². The van der Waals surface area contributed by atoms with Crippen LogP contribution in [0.5, 0.6) is 0 Å². The van der Waals surface area contributed by atoms with Crippen molar-refractivity contribution in [1.82, 2.24) is 4.90 Å². The number of carbonyl (C=O) groups excluding carboxylic acids is 1. The van der Waals surface area contributed by atoms with Crippen LogP contribution in [0.1, 0.15) is 19.3 Å². The topological polar surface area (TPSA) is 38.8 Å².